The summed E-state index contributed by atoms with van der Waals surface area (Å²) in [6, 6.07) is 8.41. The van der Waals surface area contributed by atoms with E-state index in [1.54, 1.807) is 24.3 Å². The Balaban J connectivity index is 2.22. The maximum absolute atomic E-state index is 11.0. The van der Waals surface area contributed by atoms with E-state index in [9.17, 15) is 14.9 Å². The summed E-state index contributed by atoms with van der Waals surface area (Å²) in [5.74, 6) is -0.152. The topological polar surface area (TPSA) is 85.1 Å². The van der Waals surface area contributed by atoms with Gasteiger partial charge in [-0.05, 0) is 40.2 Å². The van der Waals surface area contributed by atoms with Crippen LogP contribution in [-0.4, -0.2) is 15.8 Å². The van der Waals surface area contributed by atoms with Crippen LogP contribution in [-0.2, 0) is 4.79 Å². The second-order valence-corrected chi connectivity index (χ2v) is 6.02. The van der Waals surface area contributed by atoms with Gasteiger partial charge in [-0.15, -0.1) is 0 Å². The van der Waals surface area contributed by atoms with Gasteiger partial charge in [-0.2, -0.15) is 0 Å². The Bertz CT molecular complexity index is 692. The van der Waals surface area contributed by atoms with Crippen molar-refractivity contribution in [1.29, 1.82) is 0 Å². The lowest BCUT2D eigenvalue weighted by Gasteiger charge is -2.05. The number of rotatable bonds is 4. The highest BCUT2D eigenvalue weighted by molar-refractivity contribution is 9.10. The van der Waals surface area contributed by atoms with Gasteiger partial charge in [-0.25, -0.2) is 4.98 Å². The molecule has 108 valence electrons. The second-order valence-electron chi connectivity index (χ2n) is 4.04. The SMILES string of the molecule is CC(=O)Nc1ccc(Sc2ncc(Br)cc2[N+](=O)[O-])cc1. The molecule has 0 unspecified atom stereocenters. The molecule has 0 atom stereocenters. The predicted octanol–water partition coefficient (Wildman–Crippen LogP) is 3.86. The van der Waals surface area contributed by atoms with E-state index in [4.69, 9.17) is 0 Å². The quantitative estimate of drug-likeness (QED) is 0.654. The minimum atomic E-state index is -0.466. The van der Waals surface area contributed by atoms with Crippen molar-refractivity contribution in [1.82, 2.24) is 4.98 Å². The molecular weight excluding hydrogens is 358 g/mol. The van der Waals surface area contributed by atoms with Crippen molar-refractivity contribution in [2.45, 2.75) is 16.8 Å². The summed E-state index contributed by atoms with van der Waals surface area (Å²) in [6.07, 6.45) is 1.51. The summed E-state index contributed by atoms with van der Waals surface area (Å²) in [5, 5.41) is 14.0. The summed E-state index contributed by atoms with van der Waals surface area (Å²) in [7, 11) is 0. The average molecular weight is 368 g/mol. The Hall–Kier alpha value is -1.93. The molecule has 1 aromatic heterocycles. The van der Waals surface area contributed by atoms with Gasteiger partial charge in [0.1, 0.15) is 0 Å². The number of halogens is 1. The first-order chi connectivity index (χ1) is 9.95. The molecule has 8 heteroatoms. The lowest BCUT2D eigenvalue weighted by atomic mass is 10.3. The Morgan fingerprint density at radius 1 is 1.38 bits per heavy atom. The zero-order valence-electron chi connectivity index (χ0n) is 10.9. The molecule has 2 rings (SSSR count). The predicted molar refractivity (Wildman–Crippen MR) is 83.5 cm³/mol. The van der Waals surface area contributed by atoms with Crippen molar-refractivity contribution in [3.05, 3.63) is 51.1 Å². The highest BCUT2D eigenvalue weighted by atomic mass is 79.9. The minimum absolute atomic E-state index is 0.0553. The molecule has 1 N–H and O–H groups in total. The smallest absolute Gasteiger partial charge is 0.302 e. The van der Waals surface area contributed by atoms with Gasteiger partial charge in [-0.3, -0.25) is 14.9 Å². The largest absolute Gasteiger partial charge is 0.326 e. The van der Waals surface area contributed by atoms with Crippen LogP contribution in [0.2, 0.25) is 0 Å². The Morgan fingerprint density at radius 3 is 2.62 bits per heavy atom. The number of aromatic nitrogens is 1. The third kappa shape index (κ3) is 4.27. The van der Waals surface area contributed by atoms with Gasteiger partial charge in [0.25, 0.3) is 0 Å². The van der Waals surface area contributed by atoms with E-state index in [1.165, 1.54) is 30.9 Å². The van der Waals surface area contributed by atoms with E-state index in [-0.39, 0.29) is 11.6 Å². The van der Waals surface area contributed by atoms with Crippen LogP contribution in [0.5, 0.6) is 0 Å². The lowest BCUT2D eigenvalue weighted by molar-refractivity contribution is -0.388. The van der Waals surface area contributed by atoms with Crippen molar-refractivity contribution in [2.24, 2.45) is 0 Å². The Labute approximate surface area is 133 Å². The molecule has 0 radical (unpaired) electrons. The second kappa shape index (κ2) is 6.68. The van der Waals surface area contributed by atoms with Crippen molar-refractivity contribution >= 4 is 45.0 Å². The zero-order chi connectivity index (χ0) is 15.4. The molecule has 0 aliphatic heterocycles. The van der Waals surface area contributed by atoms with Crippen LogP contribution in [0.1, 0.15) is 6.92 Å². The molecule has 1 heterocycles. The number of pyridine rings is 1. The number of nitrogens with one attached hydrogen (secondary N) is 1. The van der Waals surface area contributed by atoms with E-state index >= 15 is 0 Å². The zero-order valence-corrected chi connectivity index (χ0v) is 13.3. The van der Waals surface area contributed by atoms with Gasteiger partial charge >= 0.3 is 5.69 Å². The summed E-state index contributed by atoms with van der Waals surface area (Å²) in [5.41, 5.74) is 0.616. The molecule has 0 spiro atoms. The molecule has 2 aromatic rings. The maximum atomic E-state index is 11.0. The van der Waals surface area contributed by atoms with E-state index < -0.39 is 4.92 Å². The minimum Gasteiger partial charge on any atom is -0.326 e. The first-order valence-corrected chi connectivity index (χ1v) is 7.42. The lowest BCUT2D eigenvalue weighted by Crippen LogP contribution is -2.05. The van der Waals surface area contributed by atoms with Crippen LogP contribution in [0.15, 0.2) is 50.9 Å². The van der Waals surface area contributed by atoms with Crippen LogP contribution in [0.25, 0.3) is 0 Å². The number of amides is 1. The molecule has 0 fully saturated rings. The maximum Gasteiger partial charge on any atom is 0.302 e. The van der Waals surface area contributed by atoms with Gasteiger partial charge in [-0.1, -0.05) is 11.8 Å². The number of hydrogen-bond acceptors (Lipinski definition) is 5. The summed E-state index contributed by atoms with van der Waals surface area (Å²) < 4.78 is 0.555. The molecule has 0 aliphatic rings. The van der Waals surface area contributed by atoms with E-state index in [0.717, 1.165) is 4.90 Å². The summed E-state index contributed by atoms with van der Waals surface area (Å²) in [4.78, 5) is 26.4. The highest BCUT2D eigenvalue weighted by Gasteiger charge is 2.17. The number of nitro groups is 1. The van der Waals surface area contributed by atoms with Crippen molar-refractivity contribution < 1.29 is 9.72 Å². The van der Waals surface area contributed by atoms with Gasteiger partial charge in [0.2, 0.25) is 5.91 Å². The standard InChI is InChI=1S/C13H10BrN3O3S/c1-8(18)16-10-2-4-11(5-3-10)21-13-12(17(19)20)6-9(14)7-15-13/h2-7H,1H3,(H,16,18). The third-order valence-corrected chi connectivity index (χ3v) is 3.83. The molecule has 0 bridgehead atoms. The van der Waals surface area contributed by atoms with Crippen LogP contribution in [0, 0.1) is 10.1 Å². The fourth-order valence-corrected chi connectivity index (χ4v) is 2.70. The van der Waals surface area contributed by atoms with Crippen molar-refractivity contribution in [2.75, 3.05) is 5.32 Å². The number of carbonyl (C=O) groups is 1. The highest BCUT2D eigenvalue weighted by Crippen LogP contribution is 2.34. The molecule has 0 saturated heterocycles. The molecule has 6 nitrogen and oxygen atoms in total. The third-order valence-electron chi connectivity index (χ3n) is 2.38. The van der Waals surface area contributed by atoms with Gasteiger partial charge in [0, 0.05) is 34.2 Å². The number of carbonyl (C=O) groups excluding carboxylic acids is 1. The molecule has 0 saturated carbocycles. The fourth-order valence-electron chi connectivity index (χ4n) is 1.55. The van der Waals surface area contributed by atoms with Crippen LogP contribution in [0.3, 0.4) is 0 Å². The molecule has 1 aromatic carbocycles. The van der Waals surface area contributed by atoms with Gasteiger partial charge < -0.3 is 5.32 Å². The van der Waals surface area contributed by atoms with E-state index in [0.29, 0.717) is 15.2 Å². The molecule has 0 aliphatic carbocycles. The monoisotopic (exact) mass is 367 g/mol. The number of benzene rings is 1. The van der Waals surface area contributed by atoms with E-state index in [2.05, 4.69) is 26.2 Å². The first-order valence-electron chi connectivity index (χ1n) is 5.81. The first kappa shape index (κ1) is 15.5. The van der Waals surface area contributed by atoms with Crippen LogP contribution < -0.4 is 5.32 Å². The van der Waals surface area contributed by atoms with E-state index in [1.807, 2.05) is 0 Å². The van der Waals surface area contributed by atoms with Gasteiger partial charge in [0.05, 0.1) is 4.92 Å². The van der Waals surface area contributed by atoms with Crippen molar-refractivity contribution in [3.8, 4) is 0 Å². The number of anilines is 1. The average Bonchev–Trinajstić information content (AvgIpc) is 2.42. The normalized spacial score (nSPS) is 10.2. The summed E-state index contributed by atoms with van der Waals surface area (Å²) >= 11 is 4.36. The molecule has 1 amide bonds. The molecular formula is C13H10BrN3O3S. The Morgan fingerprint density at radius 2 is 2.05 bits per heavy atom. The summed E-state index contributed by atoms with van der Waals surface area (Å²) in [6.45, 7) is 1.43. The number of nitrogens with zero attached hydrogens (tertiary/aromatic N) is 2. The van der Waals surface area contributed by atoms with Crippen LogP contribution >= 0.6 is 27.7 Å². The molecule has 21 heavy (non-hydrogen) atoms. The van der Waals surface area contributed by atoms with Crippen LogP contribution in [0.4, 0.5) is 11.4 Å². The fraction of sp³-hybridized carbons (Fsp3) is 0.0769. The Kier molecular flexibility index (Phi) is 4.92. The van der Waals surface area contributed by atoms with Crippen molar-refractivity contribution in [3.63, 3.8) is 0 Å². The van der Waals surface area contributed by atoms with Gasteiger partial charge in [0.15, 0.2) is 5.03 Å². The number of hydrogen-bond donors (Lipinski definition) is 1.